The van der Waals surface area contributed by atoms with Crippen LogP contribution in [0.5, 0.6) is 0 Å². The molecule has 0 spiro atoms. The van der Waals surface area contributed by atoms with Gasteiger partial charge < -0.3 is 10.4 Å². The highest BCUT2D eigenvalue weighted by Gasteiger charge is 2.17. The van der Waals surface area contributed by atoms with Crippen LogP contribution < -0.4 is 5.32 Å². The van der Waals surface area contributed by atoms with E-state index in [1.807, 2.05) is 24.3 Å². The lowest BCUT2D eigenvalue weighted by Gasteiger charge is -2.30. The second kappa shape index (κ2) is 8.77. The fourth-order valence-corrected chi connectivity index (χ4v) is 3.29. The van der Waals surface area contributed by atoms with E-state index in [0.29, 0.717) is 5.56 Å². The number of nitrogens with one attached hydrogen (secondary N) is 1. The van der Waals surface area contributed by atoms with Crippen LogP contribution >= 0.6 is 0 Å². The first-order chi connectivity index (χ1) is 12.2. The van der Waals surface area contributed by atoms with Gasteiger partial charge in [0.1, 0.15) is 0 Å². The van der Waals surface area contributed by atoms with Crippen molar-refractivity contribution in [1.82, 2.24) is 10.2 Å². The summed E-state index contributed by atoms with van der Waals surface area (Å²) >= 11 is 0. The predicted octanol–water partition coefficient (Wildman–Crippen LogP) is 2.80. The Bertz CT molecular complexity index is 730. The van der Waals surface area contributed by atoms with Gasteiger partial charge >= 0.3 is 0 Å². The van der Waals surface area contributed by atoms with Crippen molar-refractivity contribution >= 4 is 0 Å². The average Bonchev–Trinajstić information content (AvgIpc) is 2.65. The molecule has 0 radical (unpaired) electrons. The Morgan fingerprint density at radius 2 is 1.80 bits per heavy atom. The number of likely N-dealkylation sites (tertiary alicyclic amines) is 1. The minimum atomic E-state index is -0.127. The Labute approximate surface area is 149 Å². The van der Waals surface area contributed by atoms with Crippen LogP contribution in [0.4, 0.5) is 0 Å². The molecule has 0 bridgehead atoms. The molecule has 1 aliphatic heterocycles. The lowest BCUT2D eigenvalue weighted by atomic mass is 10.0. The number of aliphatic hydroxyl groups is 1. The second-order valence-corrected chi connectivity index (χ2v) is 6.69. The highest BCUT2D eigenvalue weighted by Crippen LogP contribution is 2.16. The maximum Gasteiger partial charge on any atom is 0.0991 e. The van der Waals surface area contributed by atoms with E-state index in [4.69, 9.17) is 5.26 Å². The van der Waals surface area contributed by atoms with Crippen LogP contribution in [0.3, 0.4) is 0 Å². The third-order valence-electron chi connectivity index (χ3n) is 4.77. The van der Waals surface area contributed by atoms with E-state index < -0.39 is 0 Å². The van der Waals surface area contributed by atoms with E-state index in [0.717, 1.165) is 51.1 Å². The van der Waals surface area contributed by atoms with Gasteiger partial charge in [-0.15, -0.1) is 0 Å². The van der Waals surface area contributed by atoms with Crippen molar-refractivity contribution in [3.05, 3.63) is 70.8 Å². The first-order valence-electron chi connectivity index (χ1n) is 8.91. The van der Waals surface area contributed by atoms with Gasteiger partial charge in [-0.25, -0.2) is 0 Å². The van der Waals surface area contributed by atoms with Gasteiger partial charge in [-0.1, -0.05) is 36.4 Å². The van der Waals surface area contributed by atoms with Gasteiger partial charge in [-0.2, -0.15) is 5.26 Å². The van der Waals surface area contributed by atoms with E-state index in [1.165, 1.54) is 11.1 Å². The summed E-state index contributed by atoms with van der Waals surface area (Å²) in [6.45, 7) is 4.42. The van der Waals surface area contributed by atoms with Crippen LogP contribution in [-0.4, -0.2) is 29.2 Å². The Morgan fingerprint density at radius 1 is 1.04 bits per heavy atom. The number of nitriles is 1. The molecule has 4 heteroatoms. The summed E-state index contributed by atoms with van der Waals surface area (Å²) in [6.07, 6.45) is 1.61. The van der Waals surface area contributed by atoms with Crippen molar-refractivity contribution in [3.8, 4) is 6.07 Å². The van der Waals surface area contributed by atoms with E-state index >= 15 is 0 Å². The fourth-order valence-electron chi connectivity index (χ4n) is 3.29. The third-order valence-corrected chi connectivity index (χ3v) is 4.77. The molecule has 0 saturated carbocycles. The number of piperidine rings is 1. The summed E-state index contributed by atoms with van der Waals surface area (Å²) in [6, 6.07) is 18.4. The van der Waals surface area contributed by atoms with Crippen molar-refractivity contribution in [2.24, 2.45) is 0 Å². The zero-order valence-electron chi connectivity index (χ0n) is 14.5. The third kappa shape index (κ3) is 5.14. The molecule has 0 aromatic heterocycles. The van der Waals surface area contributed by atoms with Crippen molar-refractivity contribution in [1.29, 1.82) is 5.26 Å². The zero-order valence-corrected chi connectivity index (χ0v) is 14.5. The normalized spacial score (nSPS) is 15.8. The Kier molecular flexibility index (Phi) is 6.19. The van der Waals surface area contributed by atoms with Gasteiger partial charge in [0, 0.05) is 32.7 Å². The van der Waals surface area contributed by atoms with E-state index in [1.54, 1.807) is 0 Å². The molecule has 1 saturated heterocycles. The smallest absolute Gasteiger partial charge is 0.0991 e. The number of rotatable bonds is 6. The molecule has 2 aromatic carbocycles. The van der Waals surface area contributed by atoms with Gasteiger partial charge in [0.15, 0.2) is 0 Å². The Balaban J connectivity index is 1.56. The lowest BCUT2D eigenvalue weighted by molar-refractivity contribution is 0.0791. The molecule has 25 heavy (non-hydrogen) atoms. The van der Waals surface area contributed by atoms with E-state index in [-0.39, 0.29) is 6.10 Å². The molecule has 0 amide bonds. The summed E-state index contributed by atoms with van der Waals surface area (Å²) in [5.74, 6) is 0. The van der Waals surface area contributed by atoms with Crippen LogP contribution in [0.2, 0.25) is 0 Å². The largest absolute Gasteiger partial charge is 0.393 e. The van der Waals surface area contributed by atoms with Crippen LogP contribution in [0.15, 0.2) is 48.5 Å². The summed E-state index contributed by atoms with van der Waals surface area (Å²) in [5.41, 5.74) is 4.48. The van der Waals surface area contributed by atoms with Gasteiger partial charge in [0.2, 0.25) is 0 Å². The lowest BCUT2D eigenvalue weighted by Crippen LogP contribution is -2.35. The topological polar surface area (TPSA) is 59.3 Å². The molecule has 0 unspecified atom stereocenters. The molecule has 3 rings (SSSR count). The first-order valence-corrected chi connectivity index (χ1v) is 8.91. The molecule has 0 atom stereocenters. The Morgan fingerprint density at radius 3 is 2.56 bits per heavy atom. The standard InChI is InChI=1S/C21H25N3O/c22-13-17-4-3-5-18(12-17)14-23-15-19-6-1-2-7-20(19)16-24-10-8-21(25)9-11-24/h1-7,12,21,23,25H,8-11,14-16H2. The maximum atomic E-state index is 9.65. The van der Waals surface area contributed by atoms with Gasteiger partial charge in [0.25, 0.3) is 0 Å². The molecule has 130 valence electrons. The van der Waals surface area contributed by atoms with Crippen LogP contribution in [0.1, 0.15) is 35.1 Å². The fraction of sp³-hybridized carbons (Fsp3) is 0.381. The maximum absolute atomic E-state index is 9.65. The number of aliphatic hydroxyl groups excluding tert-OH is 1. The number of hydrogen-bond donors (Lipinski definition) is 2. The molecule has 2 aromatic rings. The van der Waals surface area contributed by atoms with Crippen molar-refractivity contribution in [2.45, 2.75) is 38.6 Å². The van der Waals surface area contributed by atoms with E-state index in [2.05, 4.69) is 40.6 Å². The van der Waals surface area contributed by atoms with Gasteiger partial charge in [-0.05, 0) is 41.7 Å². The molecular formula is C21H25N3O. The van der Waals surface area contributed by atoms with Crippen LogP contribution in [0, 0.1) is 11.3 Å². The van der Waals surface area contributed by atoms with Crippen molar-refractivity contribution < 1.29 is 5.11 Å². The van der Waals surface area contributed by atoms with Gasteiger partial charge in [-0.3, -0.25) is 4.90 Å². The molecule has 1 aliphatic rings. The van der Waals surface area contributed by atoms with Gasteiger partial charge in [0.05, 0.1) is 17.7 Å². The predicted molar refractivity (Wildman–Crippen MR) is 98.7 cm³/mol. The van der Waals surface area contributed by atoms with Crippen molar-refractivity contribution in [3.63, 3.8) is 0 Å². The molecular weight excluding hydrogens is 310 g/mol. The monoisotopic (exact) mass is 335 g/mol. The summed E-state index contributed by atoms with van der Waals surface area (Å²) in [5, 5.41) is 22.1. The highest BCUT2D eigenvalue weighted by atomic mass is 16.3. The molecule has 0 aliphatic carbocycles. The number of benzene rings is 2. The van der Waals surface area contributed by atoms with Crippen molar-refractivity contribution in [2.75, 3.05) is 13.1 Å². The summed E-state index contributed by atoms with van der Waals surface area (Å²) in [7, 11) is 0. The first kappa shape index (κ1) is 17.6. The molecule has 1 fully saturated rings. The molecule has 2 N–H and O–H groups in total. The summed E-state index contributed by atoms with van der Waals surface area (Å²) in [4.78, 5) is 2.42. The Hall–Kier alpha value is -2.19. The quantitative estimate of drug-likeness (QED) is 0.852. The van der Waals surface area contributed by atoms with E-state index in [9.17, 15) is 5.11 Å². The van der Waals surface area contributed by atoms with Crippen LogP contribution in [0.25, 0.3) is 0 Å². The zero-order chi connectivity index (χ0) is 17.5. The molecule has 4 nitrogen and oxygen atoms in total. The number of nitrogens with zero attached hydrogens (tertiary/aromatic N) is 2. The van der Waals surface area contributed by atoms with Crippen LogP contribution in [-0.2, 0) is 19.6 Å². The molecule has 1 heterocycles. The minimum Gasteiger partial charge on any atom is -0.393 e. The highest BCUT2D eigenvalue weighted by molar-refractivity contribution is 5.33. The summed E-state index contributed by atoms with van der Waals surface area (Å²) < 4.78 is 0. The minimum absolute atomic E-state index is 0.127. The average molecular weight is 335 g/mol. The second-order valence-electron chi connectivity index (χ2n) is 6.69. The SMILES string of the molecule is N#Cc1cccc(CNCc2ccccc2CN2CCC(O)CC2)c1. The number of hydrogen-bond acceptors (Lipinski definition) is 4.